The Morgan fingerprint density at radius 1 is 1.73 bits per heavy atom. The second-order valence-corrected chi connectivity index (χ2v) is 10.3. The highest BCUT2D eigenvalue weighted by Crippen LogP contribution is 2.37. The Kier molecular flexibility index (Phi) is 4.28. The summed E-state index contributed by atoms with van der Waals surface area (Å²) in [5.41, 5.74) is 0. The third-order valence-electron chi connectivity index (χ3n) is 1.28. The standard InChI is InChI=1S/C5H10BrIO3S/c1-3-11(9,10)5(6,7)4(2)8/h4,8H,3H2,1-2H3/t4-,5+/m1/s1. The Hall–Kier alpha value is 1.12. The molecule has 0 spiro atoms. The molecule has 0 bridgehead atoms. The maximum atomic E-state index is 11.2. The molecule has 0 fully saturated rings. The van der Waals surface area contributed by atoms with Crippen LogP contribution in [0.1, 0.15) is 13.8 Å². The molecule has 0 aliphatic heterocycles. The monoisotopic (exact) mass is 356 g/mol. The highest BCUT2D eigenvalue weighted by molar-refractivity contribution is 14.1. The molecule has 0 aliphatic carbocycles. The van der Waals surface area contributed by atoms with Gasteiger partial charge in [0, 0.05) is 5.75 Å². The van der Waals surface area contributed by atoms with E-state index in [1.54, 1.807) is 29.5 Å². The topological polar surface area (TPSA) is 54.4 Å². The van der Waals surface area contributed by atoms with Crippen LogP contribution < -0.4 is 0 Å². The second kappa shape index (κ2) is 3.89. The molecule has 2 atom stereocenters. The molecule has 0 aliphatic rings. The van der Waals surface area contributed by atoms with E-state index in [9.17, 15) is 8.42 Å². The molecular formula is C5H10BrIO3S. The van der Waals surface area contributed by atoms with Gasteiger partial charge in [-0.1, -0.05) is 22.9 Å². The van der Waals surface area contributed by atoms with Gasteiger partial charge >= 0.3 is 0 Å². The number of hydrogen-bond donors (Lipinski definition) is 1. The zero-order valence-corrected chi connectivity index (χ0v) is 10.8. The third-order valence-corrected chi connectivity index (χ3v) is 8.27. The highest BCUT2D eigenvalue weighted by atomic mass is 127. The molecule has 11 heavy (non-hydrogen) atoms. The Morgan fingerprint density at radius 3 is 2.18 bits per heavy atom. The van der Waals surface area contributed by atoms with Gasteiger partial charge in [0.1, 0.15) is 0 Å². The zero-order chi connectivity index (χ0) is 9.28. The Labute approximate surface area is 88.7 Å². The number of rotatable bonds is 3. The van der Waals surface area contributed by atoms with Gasteiger partial charge in [-0.15, -0.1) is 0 Å². The quantitative estimate of drug-likeness (QED) is 0.612. The van der Waals surface area contributed by atoms with Gasteiger partial charge in [0.15, 0.2) is 9.84 Å². The summed E-state index contributed by atoms with van der Waals surface area (Å²) in [6.07, 6.45) is -0.923. The zero-order valence-electron chi connectivity index (χ0n) is 6.21. The predicted octanol–water partition coefficient (Wildman–Crippen LogP) is 1.29. The average molecular weight is 357 g/mol. The van der Waals surface area contributed by atoms with E-state index in [0.717, 1.165) is 0 Å². The lowest BCUT2D eigenvalue weighted by Gasteiger charge is -2.22. The van der Waals surface area contributed by atoms with Gasteiger partial charge < -0.3 is 5.11 Å². The van der Waals surface area contributed by atoms with Crippen molar-refractivity contribution in [3.8, 4) is 0 Å². The van der Waals surface area contributed by atoms with Crippen molar-refractivity contribution in [3.63, 3.8) is 0 Å². The van der Waals surface area contributed by atoms with Crippen molar-refractivity contribution >= 4 is 48.4 Å². The molecule has 0 aromatic heterocycles. The van der Waals surface area contributed by atoms with Crippen LogP contribution >= 0.6 is 38.5 Å². The first kappa shape index (κ1) is 12.1. The lowest BCUT2D eigenvalue weighted by molar-refractivity contribution is 0.208. The summed E-state index contributed by atoms with van der Waals surface area (Å²) in [5.74, 6) is 0.0199. The van der Waals surface area contributed by atoms with E-state index in [1.165, 1.54) is 6.92 Å². The van der Waals surface area contributed by atoms with Gasteiger partial charge in [-0.25, -0.2) is 8.42 Å². The van der Waals surface area contributed by atoms with E-state index in [0.29, 0.717) is 0 Å². The Bertz CT molecular complexity index is 222. The van der Waals surface area contributed by atoms with Crippen molar-refractivity contribution < 1.29 is 13.5 Å². The molecule has 0 saturated heterocycles. The molecule has 0 aromatic rings. The molecule has 0 saturated carbocycles. The molecule has 0 radical (unpaired) electrons. The molecule has 0 unspecified atom stereocenters. The van der Waals surface area contributed by atoms with Crippen LogP contribution in [-0.2, 0) is 9.84 Å². The van der Waals surface area contributed by atoms with E-state index in [1.807, 2.05) is 0 Å². The van der Waals surface area contributed by atoms with Crippen LogP contribution in [0.4, 0.5) is 0 Å². The summed E-state index contributed by atoms with van der Waals surface area (Å²) < 4.78 is 21.3. The fourth-order valence-corrected chi connectivity index (χ4v) is 2.98. The van der Waals surface area contributed by atoms with E-state index in [4.69, 9.17) is 5.11 Å². The van der Waals surface area contributed by atoms with Crippen molar-refractivity contribution in [1.29, 1.82) is 0 Å². The number of sulfone groups is 1. The molecular weight excluding hydrogens is 347 g/mol. The second-order valence-electron chi connectivity index (χ2n) is 2.14. The summed E-state index contributed by atoms with van der Waals surface area (Å²) in [4.78, 5) is 0. The first-order chi connectivity index (χ1) is 4.75. The van der Waals surface area contributed by atoms with E-state index >= 15 is 0 Å². The SMILES string of the molecule is CCS(=O)(=O)[C@@](Br)(I)[C@@H](C)O. The fourth-order valence-electron chi connectivity index (χ4n) is 0.452. The van der Waals surface area contributed by atoms with Crippen LogP contribution in [0, 0.1) is 0 Å². The van der Waals surface area contributed by atoms with Crippen LogP contribution in [0.3, 0.4) is 0 Å². The molecule has 6 heteroatoms. The van der Waals surface area contributed by atoms with Crippen molar-refractivity contribution in [2.45, 2.75) is 21.6 Å². The Balaban J connectivity index is 4.85. The molecule has 0 rings (SSSR count). The number of halogens is 2. The average Bonchev–Trinajstić information content (AvgIpc) is 1.87. The van der Waals surface area contributed by atoms with Crippen molar-refractivity contribution in [1.82, 2.24) is 0 Å². The van der Waals surface area contributed by atoms with E-state index in [2.05, 4.69) is 15.9 Å². The Morgan fingerprint density at radius 2 is 2.09 bits per heavy atom. The lowest BCUT2D eigenvalue weighted by atomic mass is 10.5. The van der Waals surface area contributed by atoms with E-state index < -0.39 is 17.6 Å². The van der Waals surface area contributed by atoms with Crippen LogP contribution in [0.2, 0.25) is 0 Å². The normalized spacial score (nSPS) is 20.8. The van der Waals surface area contributed by atoms with Gasteiger partial charge in [-0.2, -0.15) is 0 Å². The highest BCUT2D eigenvalue weighted by Gasteiger charge is 2.41. The smallest absolute Gasteiger partial charge is 0.202 e. The summed E-state index contributed by atoms with van der Waals surface area (Å²) >= 11 is 4.66. The summed E-state index contributed by atoms with van der Waals surface area (Å²) in [6, 6.07) is 0. The van der Waals surface area contributed by atoms with Crippen LogP contribution in [-0.4, -0.2) is 27.0 Å². The minimum atomic E-state index is -3.24. The molecule has 3 nitrogen and oxygen atoms in total. The molecule has 1 N–H and O–H groups in total. The minimum Gasteiger partial charge on any atom is -0.390 e. The first-order valence-corrected chi connectivity index (χ1v) is 6.56. The summed E-state index contributed by atoms with van der Waals surface area (Å²) in [5, 5.41) is 9.11. The van der Waals surface area contributed by atoms with Crippen LogP contribution in [0.15, 0.2) is 0 Å². The maximum absolute atomic E-state index is 11.2. The molecule has 68 valence electrons. The number of aliphatic hydroxyl groups is 1. The van der Waals surface area contributed by atoms with Crippen LogP contribution in [0.25, 0.3) is 0 Å². The van der Waals surface area contributed by atoms with Crippen molar-refractivity contribution in [2.24, 2.45) is 0 Å². The summed E-state index contributed by atoms with van der Waals surface area (Å²) in [7, 11) is -3.24. The third kappa shape index (κ3) is 2.53. The number of aliphatic hydroxyl groups excluding tert-OH is 1. The minimum absolute atomic E-state index is 0.0199. The van der Waals surface area contributed by atoms with Crippen LogP contribution in [0.5, 0.6) is 0 Å². The molecule has 0 heterocycles. The van der Waals surface area contributed by atoms with Gasteiger partial charge in [-0.05, 0) is 29.5 Å². The lowest BCUT2D eigenvalue weighted by Crippen LogP contribution is -2.37. The first-order valence-electron chi connectivity index (χ1n) is 3.04. The van der Waals surface area contributed by atoms with Crippen molar-refractivity contribution in [2.75, 3.05) is 5.75 Å². The maximum Gasteiger partial charge on any atom is 0.202 e. The fraction of sp³-hybridized carbons (Fsp3) is 1.00. The molecule has 0 aromatic carbocycles. The predicted molar refractivity (Wildman–Crippen MR) is 56.8 cm³/mol. The molecule has 0 amide bonds. The van der Waals surface area contributed by atoms with Gasteiger partial charge in [0.05, 0.1) is 6.10 Å². The van der Waals surface area contributed by atoms with Gasteiger partial charge in [-0.3, -0.25) is 0 Å². The van der Waals surface area contributed by atoms with Crippen molar-refractivity contribution in [3.05, 3.63) is 0 Å². The summed E-state index contributed by atoms with van der Waals surface area (Å²) in [6.45, 7) is 2.99. The van der Waals surface area contributed by atoms with Gasteiger partial charge in [0.25, 0.3) is 0 Å². The van der Waals surface area contributed by atoms with E-state index in [-0.39, 0.29) is 5.75 Å². The largest absolute Gasteiger partial charge is 0.390 e. The number of hydrogen-bond acceptors (Lipinski definition) is 3. The van der Waals surface area contributed by atoms with Gasteiger partial charge in [0.2, 0.25) is 1.66 Å². The number of alkyl halides is 2.